The van der Waals surface area contributed by atoms with E-state index in [1.54, 1.807) is 24.3 Å². The van der Waals surface area contributed by atoms with Crippen molar-refractivity contribution in [3.63, 3.8) is 0 Å². The third kappa shape index (κ3) is 5.57. The molecule has 0 saturated carbocycles. The molecule has 1 aromatic heterocycles. The first-order chi connectivity index (χ1) is 16.5. The van der Waals surface area contributed by atoms with E-state index in [9.17, 15) is 9.59 Å². The van der Waals surface area contributed by atoms with Gasteiger partial charge in [-0.3, -0.25) is 9.59 Å². The van der Waals surface area contributed by atoms with E-state index in [-0.39, 0.29) is 22.7 Å². The van der Waals surface area contributed by atoms with Crippen LogP contribution in [-0.4, -0.2) is 16.9 Å². The Labute approximate surface area is 203 Å². The molecule has 0 unspecified atom stereocenters. The summed E-state index contributed by atoms with van der Waals surface area (Å²) >= 11 is 5.44. The first-order valence-corrected chi connectivity index (χ1v) is 11.1. The lowest BCUT2D eigenvalue weighted by molar-refractivity contribution is -0.120. The second-order valence-electron chi connectivity index (χ2n) is 7.66. The van der Waals surface area contributed by atoms with Crippen molar-refractivity contribution in [2.75, 3.05) is 10.6 Å². The van der Waals surface area contributed by atoms with Crippen LogP contribution in [0.25, 0.3) is 0 Å². The first-order valence-electron chi connectivity index (χ1n) is 10.7. The quantitative estimate of drug-likeness (QED) is 0.326. The Morgan fingerprint density at radius 3 is 2.06 bits per heavy atom. The minimum Gasteiger partial charge on any atom is -0.459 e. The van der Waals surface area contributed by atoms with Crippen molar-refractivity contribution in [1.29, 1.82) is 0 Å². The van der Waals surface area contributed by atoms with Crippen molar-refractivity contribution in [3.8, 4) is 0 Å². The van der Waals surface area contributed by atoms with Crippen LogP contribution in [0, 0.1) is 6.92 Å². The molecule has 0 aliphatic rings. The van der Waals surface area contributed by atoms with Gasteiger partial charge >= 0.3 is 0 Å². The molecule has 2 amide bonds. The summed E-state index contributed by atoms with van der Waals surface area (Å²) in [5.41, 5.74) is 3.87. The number of aryl methyl sites for hydroxylation is 1. The highest BCUT2D eigenvalue weighted by atomic mass is 32.1. The Bertz CT molecular complexity index is 1250. The molecule has 0 bridgehead atoms. The van der Waals surface area contributed by atoms with Crippen LogP contribution < -0.4 is 16.0 Å². The summed E-state index contributed by atoms with van der Waals surface area (Å²) in [7, 11) is 0. The molecule has 0 saturated heterocycles. The first kappa shape index (κ1) is 22.9. The van der Waals surface area contributed by atoms with Crippen molar-refractivity contribution in [1.82, 2.24) is 5.32 Å². The van der Waals surface area contributed by atoms with Crippen molar-refractivity contribution in [2.24, 2.45) is 0 Å². The van der Waals surface area contributed by atoms with Crippen LogP contribution in [0.1, 0.15) is 33.2 Å². The lowest BCUT2D eigenvalue weighted by Crippen LogP contribution is -2.38. The highest BCUT2D eigenvalue weighted by Crippen LogP contribution is 2.25. The number of benzene rings is 3. The Hall–Kier alpha value is -4.23. The highest BCUT2D eigenvalue weighted by Gasteiger charge is 2.23. The van der Waals surface area contributed by atoms with Crippen LogP contribution >= 0.6 is 12.2 Å². The molecule has 0 aliphatic heterocycles. The van der Waals surface area contributed by atoms with E-state index in [0.29, 0.717) is 11.4 Å². The minimum absolute atomic E-state index is 0.166. The van der Waals surface area contributed by atoms with Crippen LogP contribution in [0.5, 0.6) is 0 Å². The Morgan fingerprint density at radius 2 is 1.47 bits per heavy atom. The maximum Gasteiger partial charge on any atom is 0.291 e. The number of carbonyl (C=O) groups is 2. The van der Waals surface area contributed by atoms with Crippen LogP contribution in [0.3, 0.4) is 0 Å². The van der Waals surface area contributed by atoms with Gasteiger partial charge in [0.05, 0.1) is 12.2 Å². The zero-order chi connectivity index (χ0) is 23.9. The highest BCUT2D eigenvalue weighted by molar-refractivity contribution is 7.80. The third-order valence-electron chi connectivity index (χ3n) is 5.25. The van der Waals surface area contributed by atoms with Crippen molar-refractivity contribution >= 4 is 40.5 Å². The fourth-order valence-corrected chi connectivity index (χ4v) is 3.77. The maximum atomic E-state index is 13.3. The fourth-order valence-electron chi connectivity index (χ4n) is 3.56. The number of furan rings is 1. The number of hydrogen-bond acceptors (Lipinski definition) is 4. The second kappa shape index (κ2) is 10.6. The van der Waals surface area contributed by atoms with Gasteiger partial charge in [-0.1, -0.05) is 66.7 Å². The molecular weight excluding hydrogens is 446 g/mol. The molecule has 4 aromatic rings. The molecule has 3 aromatic carbocycles. The van der Waals surface area contributed by atoms with E-state index in [4.69, 9.17) is 16.6 Å². The molecule has 0 radical (unpaired) electrons. The molecule has 0 fully saturated rings. The summed E-state index contributed by atoms with van der Waals surface area (Å²) in [4.78, 5) is 25.5. The van der Waals surface area contributed by atoms with Gasteiger partial charge in [-0.2, -0.15) is 0 Å². The zero-order valence-electron chi connectivity index (χ0n) is 18.4. The predicted molar refractivity (Wildman–Crippen MR) is 137 cm³/mol. The van der Waals surface area contributed by atoms with E-state index in [1.807, 2.05) is 73.7 Å². The summed E-state index contributed by atoms with van der Waals surface area (Å²) in [5.74, 6) is -0.896. The van der Waals surface area contributed by atoms with E-state index in [1.165, 1.54) is 6.26 Å². The number of hydrogen-bond donors (Lipinski definition) is 3. The summed E-state index contributed by atoms with van der Waals surface area (Å²) in [6.07, 6.45) is 1.44. The van der Waals surface area contributed by atoms with Gasteiger partial charge in [-0.05, 0) is 60.1 Å². The molecule has 7 heteroatoms. The van der Waals surface area contributed by atoms with Gasteiger partial charge in [-0.25, -0.2) is 0 Å². The summed E-state index contributed by atoms with van der Waals surface area (Å²) < 4.78 is 5.13. The SMILES string of the molecule is Cc1ccc(NC(=O)c2ccco2)cc1NC(=S)NC(=O)C(c1ccccc1)c1ccccc1. The van der Waals surface area contributed by atoms with Gasteiger partial charge in [0, 0.05) is 11.4 Å². The number of rotatable bonds is 6. The van der Waals surface area contributed by atoms with Crippen LogP contribution in [-0.2, 0) is 4.79 Å². The standard InChI is InChI=1S/C27H23N3O3S/c1-18-14-15-21(28-25(31)23-13-8-16-33-23)17-22(18)29-27(34)30-26(32)24(19-9-4-2-5-10-19)20-11-6-3-7-12-20/h2-17,24H,1H3,(H,28,31)(H2,29,30,32,34). The lowest BCUT2D eigenvalue weighted by atomic mass is 9.90. The van der Waals surface area contributed by atoms with Gasteiger partial charge in [-0.15, -0.1) is 0 Å². The van der Waals surface area contributed by atoms with Crippen molar-refractivity contribution in [3.05, 3.63) is 120 Å². The number of carbonyl (C=O) groups excluding carboxylic acids is 2. The molecule has 3 N–H and O–H groups in total. The summed E-state index contributed by atoms with van der Waals surface area (Å²) in [5, 5.41) is 8.84. The average Bonchev–Trinajstić information content (AvgIpc) is 3.38. The predicted octanol–water partition coefficient (Wildman–Crippen LogP) is 5.49. The molecule has 0 atom stereocenters. The summed E-state index contributed by atoms with van der Waals surface area (Å²) in [6.45, 7) is 1.90. The maximum absolute atomic E-state index is 13.3. The molecule has 0 spiro atoms. The van der Waals surface area contributed by atoms with E-state index in [0.717, 1.165) is 16.7 Å². The summed E-state index contributed by atoms with van der Waals surface area (Å²) in [6, 6.07) is 27.7. The van der Waals surface area contributed by atoms with Gasteiger partial charge in [0.15, 0.2) is 10.9 Å². The Balaban J connectivity index is 1.48. The molecule has 6 nitrogen and oxygen atoms in total. The monoisotopic (exact) mass is 469 g/mol. The van der Waals surface area contributed by atoms with Gasteiger partial charge in [0.2, 0.25) is 5.91 Å². The van der Waals surface area contributed by atoms with Crippen LogP contribution in [0.15, 0.2) is 102 Å². The van der Waals surface area contributed by atoms with Crippen molar-refractivity contribution in [2.45, 2.75) is 12.8 Å². The second-order valence-corrected chi connectivity index (χ2v) is 8.07. The van der Waals surface area contributed by atoms with Gasteiger partial charge in [0.25, 0.3) is 5.91 Å². The van der Waals surface area contributed by atoms with E-state index >= 15 is 0 Å². The largest absolute Gasteiger partial charge is 0.459 e. The smallest absolute Gasteiger partial charge is 0.291 e. The Kier molecular flexibility index (Phi) is 7.15. The molecule has 1 heterocycles. The molecule has 4 rings (SSSR count). The Morgan fingerprint density at radius 1 is 0.824 bits per heavy atom. The van der Waals surface area contributed by atoms with E-state index < -0.39 is 5.92 Å². The van der Waals surface area contributed by atoms with Crippen molar-refractivity contribution < 1.29 is 14.0 Å². The van der Waals surface area contributed by atoms with Crippen LogP contribution in [0.4, 0.5) is 11.4 Å². The lowest BCUT2D eigenvalue weighted by Gasteiger charge is -2.19. The third-order valence-corrected chi connectivity index (χ3v) is 5.46. The molecular formula is C27H23N3O3S. The number of thiocarbonyl (C=S) groups is 1. The number of nitrogens with one attached hydrogen (secondary N) is 3. The zero-order valence-corrected chi connectivity index (χ0v) is 19.3. The van der Waals surface area contributed by atoms with E-state index in [2.05, 4.69) is 16.0 Å². The molecule has 170 valence electrons. The minimum atomic E-state index is -0.512. The number of amides is 2. The topological polar surface area (TPSA) is 83.4 Å². The molecule has 34 heavy (non-hydrogen) atoms. The van der Waals surface area contributed by atoms with Crippen LogP contribution in [0.2, 0.25) is 0 Å². The fraction of sp³-hybridized carbons (Fsp3) is 0.0741. The van der Waals surface area contributed by atoms with Gasteiger partial charge in [0.1, 0.15) is 0 Å². The molecule has 0 aliphatic carbocycles. The number of anilines is 2. The van der Waals surface area contributed by atoms with Gasteiger partial charge < -0.3 is 20.4 Å². The normalized spacial score (nSPS) is 10.5. The average molecular weight is 470 g/mol.